The number of amides is 1. The minimum Gasteiger partial charge on any atom is -0.342 e. The van der Waals surface area contributed by atoms with Crippen LogP contribution in [0.3, 0.4) is 0 Å². The Morgan fingerprint density at radius 2 is 1.64 bits per heavy atom. The summed E-state index contributed by atoms with van der Waals surface area (Å²) in [5.41, 5.74) is 0. The molecule has 0 spiro atoms. The van der Waals surface area contributed by atoms with Crippen LogP contribution in [-0.4, -0.2) is 43.3 Å². The summed E-state index contributed by atoms with van der Waals surface area (Å²) < 4.78 is 24.8. The van der Waals surface area contributed by atoms with Crippen LogP contribution in [0.15, 0.2) is 0 Å². The van der Waals surface area contributed by atoms with Gasteiger partial charge < -0.3 is 4.90 Å². The molecule has 0 unspecified atom stereocenters. The van der Waals surface area contributed by atoms with Gasteiger partial charge in [-0.05, 0) is 50.4 Å². The maximum Gasteiger partial charge on any atom is 0.225 e. The van der Waals surface area contributed by atoms with Gasteiger partial charge in [-0.15, -0.1) is 0 Å². The SMILES string of the molecule is CCCCC1CCC(C(=O)N2CCC(S(=O)(=O)CC(C)C)CC2)CC1. The molecule has 1 heterocycles. The molecule has 25 heavy (non-hydrogen) atoms. The summed E-state index contributed by atoms with van der Waals surface area (Å²) in [6, 6.07) is 0. The van der Waals surface area contributed by atoms with Crippen molar-refractivity contribution in [2.75, 3.05) is 18.8 Å². The molecule has 0 aromatic rings. The van der Waals surface area contributed by atoms with Gasteiger partial charge in [-0.3, -0.25) is 4.79 Å². The van der Waals surface area contributed by atoms with Crippen LogP contribution < -0.4 is 0 Å². The van der Waals surface area contributed by atoms with Crippen molar-refractivity contribution in [2.24, 2.45) is 17.8 Å². The molecule has 0 bridgehead atoms. The van der Waals surface area contributed by atoms with Crippen molar-refractivity contribution in [3.63, 3.8) is 0 Å². The predicted molar refractivity (Wildman–Crippen MR) is 103 cm³/mol. The second-order valence-corrected chi connectivity index (χ2v) is 10.9. The van der Waals surface area contributed by atoms with Crippen LogP contribution in [0.5, 0.6) is 0 Å². The molecule has 2 rings (SSSR count). The molecule has 4 nitrogen and oxygen atoms in total. The highest BCUT2D eigenvalue weighted by molar-refractivity contribution is 7.92. The van der Waals surface area contributed by atoms with E-state index in [0.29, 0.717) is 25.9 Å². The van der Waals surface area contributed by atoms with Crippen LogP contribution in [0.1, 0.15) is 78.6 Å². The lowest BCUT2D eigenvalue weighted by molar-refractivity contribution is -0.137. The average Bonchev–Trinajstić information content (AvgIpc) is 2.59. The molecule has 146 valence electrons. The van der Waals surface area contributed by atoms with E-state index in [2.05, 4.69) is 6.92 Å². The van der Waals surface area contributed by atoms with Crippen molar-refractivity contribution in [2.45, 2.75) is 83.8 Å². The second-order valence-electron chi connectivity index (χ2n) is 8.61. The van der Waals surface area contributed by atoms with Crippen LogP contribution in [0, 0.1) is 17.8 Å². The Balaban J connectivity index is 1.78. The first-order valence-electron chi connectivity index (χ1n) is 10.3. The molecule has 5 heteroatoms. The largest absolute Gasteiger partial charge is 0.342 e. The number of nitrogens with zero attached hydrogens (tertiary/aromatic N) is 1. The molecule has 1 amide bonds. The van der Waals surface area contributed by atoms with Gasteiger partial charge in [-0.2, -0.15) is 0 Å². The highest BCUT2D eigenvalue weighted by atomic mass is 32.2. The fraction of sp³-hybridized carbons (Fsp3) is 0.950. The lowest BCUT2D eigenvalue weighted by atomic mass is 9.79. The quantitative estimate of drug-likeness (QED) is 0.678. The number of likely N-dealkylation sites (tertiary alicyclic amines) is 1. The van der Waals surface area contributed by atoms with Gasteiger partial charge in [0.2, 0.25) is 5.91 Å². The zero-order chi connectivity index (χ0) is 18.4. The Hall–Kier alpha value is -0.580. The van der Waals surface area contributed by atoms with E-state index in [9.17, 15) is 13.2 Å². The lowest BCUT2D eigenvalue weighted by Crippen LogP contribution is -2.46. The van der Waals surface area contributed by atoms with Crippen molar-refractivity contribution in [3.05, 3.63) is 0 Å². The molecular weight excluding hydrogens is 334 g/mol. The fourth-order valence-electron chi connectivity index (χ4n) is 4.49. The third-order valence-electron chi connectivity index (χ3n) is 5.99. The zero-order valence-electron chi connectivity index (χ0n) is 16.4. The molecule has 2 aliphatic rings. The zero-order valence-corrected chi connectivity index (χ0v) is 17.2. The van der Waals surface area contributed by atoms with Gasteiger partial charge in [0.15, 0.2) is 9.84 Å². The number of hydrogen-bond donors (Lipinski definition) is 0. The lowest BCUT2D eigenvalue weighted by Gasteiger charge is -2.36. The molecule has 2 fully saturated rings. The summed E-state index contributed by atoms with van der Waals surface area (Å²) in [6.07, 6.45) is 9.55. The minimum atomic E-state index is -3.01. The van der Waals surface area contributed by atoms with Gasteiger partial charge in [-0.1, -0.05) is 40.0 Å². The molecule has 0 N–H and O–H groups in total. The molecule has 0 atom stereocenters. The number of rotatable bonds is 7. The number of unbranched alkanes of at least 4 members (excludes halogenated alkanes) is 1. The summed E-state index contributed by atoms with van der Waals surface area (Å²) in [7, 11) is -3.01. The third-order valence-corrected chi connectivity index (χ3v) is 8.61. The van der Waals surface area contributed by atoms with E-state index in [4.69, 9.17) is 0 Å². The van der Waals surface area contributed by atoms with Crippen LogP contribution in [0.4, 0.5) is 0 Å². The van der Waals surface area contributed by atoms with E-state index in [0.717, 1.165) is 18.8 Å². The van der Waals surface area contributed by atoms with Gasteiger partial charge in [0.1, 0.15) is 0 Å². The predicted octanol–water partition coefficient (Wildman–Crippen LogP) is 4.04. The van der Waals surface area contributed by atoms with Gasteiger partial charge >= 0.3 is 0 Å². The number of carbonyl (C=O) groups is 1. The second kappa shape index (κ2) is 9.38. The summed E-state index contributed by atoms with van der Waals surface area (Å²) in [5, 5.41) is -0.247. The molecule has 0 aromatic carbocycles. The topological polar surface area (TPSA) is 54.5 Å². The van der Waals surface area contributed by atoms with Crippen molar-refractivity contribution in [1.29, 1.82) is 0 Å². The molecule has 1 aliphatic heterocycles. The summed E-state index contributed by atoms with van der Waals surface area (Å²) >= 11 is 0. The van der Waals surface area contributed by atoms with Crippen molar-refractivity contribution in [1.82, 2.24) is 4.90 Å². The molecule has 0 aromatic heterocycles. The Morgan fingerprint density at radius 3 is 2.16 bits per heavy atom. The smallest absolute Gasteiger partial charge is 0.225 e. The van der Waals surface area contributed by atoms with Crippen molar-refractivity contribution < 1.29 is 13.2 Å². The molecule has 1 saturated heterocycles. The third kappa shape index (κ3) is 5.97. The first-order valence-corrected chi connectivity index (χ1v) is 12.0. The van der Waals surface area contributed by atoms with Crippen LogP contribution in [0.25, 0.3) is 0 Å². The highest BCUT2D eigenvalue weighted by Gasteiger charge is 2.35. The van der Waals surface area contributed by atoms with Crippen molar-refractivity contribution in [3.8, 4) is 0 Å². The van der Waals surface area contributed by atoms with Gasteiger partial charge in [0.05, 0.1) is 11.0 Å². The average molecular weight is 372 g/mol. The Bertz CT molecular complexity index is 513. The normalized spacial score (nSPS) is 26.2. The summed E-state index contributed by atoms with van der Waals surface area (Å²) in [6.45, 7) is 7.38. The Labute approximate surface area is 154 Å². The molecule has 1 saturated carbocycles. The Kier molecular flexibility index (Phi) is 7.78. The van der Waals surface area contributed by atoms with E-state index in [1.165, 1.54) is 32.1 Å². The van der Waals surface area contributed by atoms with E-state index in [1.807, 2.05) is 18.7 Å². The number of carbonyl (C=O) groups excluding carboxylic acids is 1. The van der Waals surface area contributed by atoms with Gasteiger partial charge in [-0.25, -0.2) is 8.42 Å². The van der Waals surface area contributed by atoms with Gasteiger partial charge in [0, 0.05) is 19.0 Å². The van der Waals surface area contributed by atoms with Crippen LogP contribution in [0.2, 0.25) is 0 Å². The van der Waals surface area contributed by atoms with E-state index >= 15 is 0 Å². The number of sulfone groups is 1. The minimum absolute atomic E-state index is 0.174. The number of hydrogen-bond acceptors (Lipinski definition) is 3. The summed E-state index contributed by atoms with van der Waals surface area (Å²) in [4.78, 5) is 14.7. The fourth-order valence-corrected chi connectivity index (χ4v) is 6.62. The van der Waals surface area contributed by atoms with Crippen LogP contribution >= 0.6 is 0 Å². The molecular formula is C20H37NO3S. The van der Waals surface area contributed by atoms with Crippen molar-refractivity contribution >= 4 is 15.7 Å². The van der Waals surface area contributed by atoms with Crippen LogP contribution in [-0.2, 0) is 14.6 Å². The number of piperidine rings is 1. The first-order chi connectivity index (χ1) is 11.8. The van der Waals surface area contributed by atoms with E-state index in [1.54, 1.807) is 0 Å². The maximum atomic E-state index is 12.8. The summed E-state index contributed by atoms with van der Waals surface area (Å²) in [5.74, 6) is 1.73. The molecule has 1 aliphatic carbocycles. The molecule has 0 radical (unpaired) electrons. The van der Waals surface area contributed by atoms with E-state index < -0.39 is 9.84 Å². The van der Waals surface area contributed by atoms with E-state index in [-0.39, 0.29) is 28.7 Å². The first kappa shape index (κ1) is 20.7. The maximum absolute atomic E-state index is 12.8. The monoisotopic (exact) mass is 371 g/mol. The standard InChI is InChI=1S/C20H37NO3S/c1-4-5-6-17-7-9-18(10-8-17)20(22)21-13-11-19(12-14-21)25(23,24)15-16(2)3/h16-19H,4-15H2,1-3H3. The highest BCUT2D eigenvalue weighted by Crippen LogP contribution is 2.33. The Morgan fingerprint density at radius 1 is 1.04 bits per heavy atom. The van der Waals surface area contributed by atoms with Gasteiger partial charge in [0.25, 0.3) is 0 Å².